The molecule has 1 atom stereocenters. The largest absolute Gasteiger partial charge is 0.381 e. The van der Waals surface area contributed by atoms with Crippen LogP contribution in [0.4, 0.5) is 0 Å². The Hall–Kier alpha value is -0.160. The zero-order valence-electron chi connectivity index (χ0n) is 12.2. The zero-order valence-corrected chi connectivity index (χ0v) is 12.2. The maximum absolute atomic E-state index is 5.68. The van der Waals surface area contributed by atoms with Gasteiger partial charge >= 0.3 is 0 Å². The lowest BCUT2D eigenvalue weighted by atomic mass is 9.86. The van der Waals surface area contributed by atoms with Gasteiger partial charge in [-0.05, 0) is 13.5 Å². The Morgan fingerprint density at radius 3 is 2.50 bits per heavy atom. The maximum atomic E-state index is 5.68. The van der Waals surface area contributed by atoms with Gasteiger partial charge in [-0.2, -0.15) is 0 Å². The fraction of sp³-hybridized carbons (Fsp3) is 1.00. The Bertz CT molecular complexity index is 243. The van der Waals surface area contributed by atoms with Gasteiger partial charge in [-0.3, -0.25) is 0 Å². The third-order valence-corrected chi connectivity index (χ3v) is 4.23. The van der Waals surface area contributed by atoms with Crippen molar-refractivity contribution in [2.24, 2.45) is 5.41 Å². The fourth-order valence-electron chi connectivity index (χ4n) is 2.87. The van der Waals surface area contributed by atoms with E-state index >= 15 is 0 Å². The van der Waals surface area contributed by atoms with Crippen LogP contribution in [0, 0.1) is 5.41 Å². The molecule has 0 amide bonds. The van der Waals surface area contributed by atoms with E-state index in [-0.39, 0.29) is 0 Å². The van der Waals surface area contributed by atoms with E-state index in [2.05, 4.69) is 36.0 Å². The molecule has 106 valence electrons. The molecule has 0 bridgehead atoms. The van der Waals surface area contributed by atoms with E-state index in [0.717, 1.165) is 19.8 Å². The molecule has 2 aliphatic heterocycles. The van der Waals surface area contributed by atoms with Gasteiger partial charge in [-0.15, -0.1) is 0 Å². The van der Waals surface area contributed by atoms with Crippen molar-refractivity contribution in [2.75, 3.05) is 59.5 Å². The molecule has 0 aromatic heterocycles. The molecule has 2 rings (SSSR count). The molecule has 1 unspecified atom stereocenters. The van der Waals surface area contributed by atoms with E-state index in [4.69, 9.17) is 4.74 Å². The Morgan fingerprint density at radius 2 is 1.94 bits per heavy atom. The first kappa shape index (κ1) is 14.3. The highest BCUT2D eigenvalue weighted by molar-refractivity contribution is 4.90. The standard InChI is InChI=1S/C14H29N3O/c1-13(2)15-10-14(4-9-18-12-14)11-17-7-5-16(3)6-8-17/h13,15H,4-12H2,1-3H3. The number of piperazine rings is 1. The van der Waals surface area contributed by atoms with Gasteiger partial charge in [0.05, 0.1) is 6.61 Å². The summed E-state index contributed by atoms with van der Waals surface area (Å²) >= 11 is 0. The molecular formula is C14H29N3O. The van der Waals surface area contributed by atoms with Gasteiger partial charge in [-0.25, -0.2) is 0 Å². The van der Waals surface area contributed by atoms with Crippen molar-refractivity contribution < 1.29 is 4.74 Å². The molecule has 0 saturated carbocycles. The average Bonchev–Trinajstić information content (AvgIpc) is 2.79. The Balaban J connectivity index is 1.85. The molecule has 1 N–H and O–H groups in total. The summed E-state index contributed by atoms with van der Waals surface area (Å²) in [6.45, 7) is 13.4. The second-order valence-electron chi connectivity index (χ2n) is 6.42. The summed E-state index contributed by atoms with van der Waals surface area (Å²) in [4.78, 5) is 5.04. The molecular weight excluding hydrogens is 226 g/mol. The Morgan fingerprint density at radius 1 is 1.22 bits per heavy atom. The van der Waals surface area contributed by atoms with Gasteiger partial charge in [0, 0.05) is 57.3 Å². The van der Waals surface area contributed by atoms with Gasteiger partial charge in [-0.1, -0.05) is 13.8 Å². The van der Waals surface area contributed by atoms with Crippen LogP contribution in [-0.4, -0.2) is 75.4 Å². The maximum Gasteiger partial charge on any atom is 0.0547 e. The lowest BCUT2D eigenvalue weighted by Gasteiger charge is -2.39. The first-order valence-electron chi connectivity index (χ1n) is 7.32. The summed E-state index contributed by atoms with van der Waals surface area (Å²) in [5.74, 6) is 0. The predicted octanol–water partition coefficient (Wildman–Crippen LogP) is 0.639. The number of rotatable bonds is 5. The van der Waals surface area contributed by atoms with E-state index < -0.39 is 0 Å². The number of hydrogen-bond donors (Lipinski definition) is 1. The summed E-state index contributed by atoms with van der Waals surface area (Å²) in [6, 6.07) is 0.565. The number of nitrogens with one attached hydrogen (secondary N) is 1. The monoisotopic (exact) mass is 255 g/mol. The molecule has 4 heteroatoms. The quantitative estimate of drug-likeness (QED) is 0.780. The summed E-state index contributed by atoms with van der Waals surface area (Å²) in [5.41, 5.74) is 0.347. The van der Waals surface area contributed by atoms with Crippen molar-refractivity contribution in [1.29, 1.82) is 0 Å². The van der Waals surface area contributed by atoms with Crippen LogP contribution in [-0.2, 0) is 4.74 Å². The Kier molecular flexibility index (Phi) is 5.01. The molecule has 0 aromatic rings. The normalized spacial score (nSPS) is 31.3. The highest BCUT2D eigenvalue weighted by Gasteiger charge is 2.37. The van der Waals surface area contributed by atoms with Crippen molar-refractivity contribution in [3.63, 3.8) is 0 Å². The van der Waals surface area contributed by atoms with Gasteiger partial charge in [0.15, 0.2) is 0 Å². The molecule has 4 nitrogen and oxygen atoms in total. The molecule has 0 aromatic carbocycles. The van der Waals surface area contributed by atoms with E-state index in [9.17, 15) is 0 Å². The summed E-state index contributed by atoms with van der Waals surface area (Å²) in [5, 5.41) is 3.61. The van der Waals surface area contributed by atoms with E-state index in [1.807, 2.05) is 0 Å². The number of ether oxygens (including phenoxy) is 1. The van der Waals surface area contributed by atoms with Crippen molar-refractivity contribution in [2.45, 2.75) is 26.3 Å². The van der Waals surface area contributed by atoms with E-state index in [1.54, 1.807) is 0 Å². The first-order chi connectivity index (χ1) is 8.60. The summed E-state index contributed by atoms with van der Waals surface area (Å²) < 4.78 is 5.68. The minimum atomic E-state index is 0.347. The molecule has 2 fully saturated rings. The molecule has 0 spiro atoms. The van der Waals surface area contributed by atoms with Crippen LogP contribution in [0.1, 0.15) is 20.3 Å². The highest BCUT2D eigenvalue weighted by Crippen LogP contribution is 2.29. The van der Waals surface area contributed by atoms with Crippen molar-refractivity contribution in [3.8, 4) is 0 Å². The van der Waals surface area contributed by atoms with Crippen LogP contribution in [0.15, 0.2) is 0 Å². The summed E-state index contributed by atoms with van der Waals surface area (Å²) in [7, 11) is 2.21. The zero-order chi connectivity index (χ0) is 13.0. The Labute approximate surface area is 112 Å². The molecule has 0 radical (unpaired) electrons. The van der Waals surface area contributed by atoms with E-state index in [1.165, 1.54) is 39.1 Å². The van der Waals surface area contributed by atoms with Crippen LogP contribution in [0.3, 0.4) is 0 Å². The molecule has 2 saturated heterocycles. The van der Waals surface area contributed by atoms with E-state index in [0.29, 0.717) is 11.5 Å². The van der Waals surface area contributed by atoms with Crippen molar-refractivity contribution >= 4 is 0 Å². The minimum Gasteiger partial charge on any atom is -0.381 e. The molecule has 2 heterocycles. The number of likely N-dealkylation sites (N-methyl/N-ethyl adjacent to an activating group) is 1. The molecule has 2 aliphatic rings. The predicted molar refractivity (Wildman–Crippen MR) is 74.9 cm³/mol. The smallest absolute Gasteiger partial charge is 0.0547 e. The number of nitrogens with zero attached hydrogens (tertiary/aromatic N) is 2. The van der Waals surface area contributed by atoms with Gasteiger partial charge < -0.3 is 19.9 Å². The topological polar surface area (TPSA) is 27.7 Å². The van der Waals surface area contributed by atoms with Crippen LogP contribution < -0.4 is 5.32 Å². The second kappa shape index (κ2) is 6.33. The van der Waals surface area contributed by atoms with Gasteiger partial charge in [0.25, 0.3) is 0 Å². The fourth-order valence-corrected chi connectivity index (χ4v) is 2.87. The SMILES string of the molecule is CC(C)NCC1(CN2CCN(C)CC2)CCOC1. The third-order valence-electron chi connectivity index (χ3n) is 4.23. The first-order valence-corrected chi connectivity index (χ1v) is 7.32. The average molecular weight is 255 g/mol. The minimum absolute atomic E-state index is 0.347. The number of hydrogen-bond acceptors (Lipinski definition) is 4. The lowest BCUT2D eigenvalue weighted by molar-refractivity contribution is 0.0778. The van der Waals surface area contributed by atoms with Crippen LogP contribution in [0.2, 0.25) is 0 Å². The van der Waals surface area contributed by atoms with Gasteiger partial charge in [0.2, 0.25) is 0 Å². The molecule has 18 heavy (non-hydrogen) atoms. The summed E-state index contributed by atoms with van der Waals surface area (Å²) in [6.07, 6.45) is 1.21. The third kappa shape index (κ3) is 3.92. The molecule has 0 aliphatic carbocycles. The van der Waals surface area contributed by atoms with Crippen molar-refractivity contribution in [1.82, 2.24) is 15.1 Å². The van der Waals surface area contributed by atoms with Crippen LogP contribution >= 0.6 is 0 Å². The van der Waals surface area contributed by atoms with Crippen LogP contribution in [0.5, 0.6) is 0 Å². The van der Waals surface area contributed by atoms with Crippen LogP contribution in [0.25, 0.3) is 0 Å². The van der Waals surface area contributed by atoms with Gasteiger partial charge in [0.1, 0.15) is 0 Å². The highest BCUT2D eigenvalue weighted by atomic mass is 16.5. The second-order valence-corrected chi connectivity index (χ2v) is 6.42. The van der Waals surface area contributed by atoms with Crippen molar-refractivity contribution in [3.05, 3.63) is 0 Å². The lowest BCUT2D eigenvalue weighted by Crippen LogP contribution is -2.51.